The third kappa shape index (κ3) is 7.59. The fourth-order valence-electron chi connectivity index (χ4n) is 4.38. The molecule has 45 heavy (non-hydrogen) atoms. The minimum Gasteiger partial charge on any atom is -0.444 e. The lowest BCUT2D eigenvalue weighted by Crippen LogP contribution is -2.28. The summed E-state index contributed by atoms with van der Waals surface area (Å²) in [5, 5.41) is 6.45. The van der Waals surface area contributed by atoms with Crippen LogP contribution in [0.25, 0.3) is 0 Å². The summed E-state index contributed by atoms with van der Waals surface area (Å²) < 4.78 is 85.9. The van der Waals surface area contributed by atoms with Crippen LogP contribution in [0.15, 0.2) is 48.5 Å². The maximum atomic E-state index is 15.1. The number of nitrogens with one attached hydrogen (secondary N) is 3. The Hall–Kier alpha value is -3.68. The van der Waals surface area contributed by atoms with Crippen molar-refractivity contribution in [2.75, 3.05) is 16.0 Å². The standard InChI is InChI=1S/C29H22Cl3F6N3O4/c1-27(2,3)45-26(44)41-23-18(34)8-9-19(22(23)35)40-24(42)14-11-13(5-6-16(14)30)39-25(43)21-20(28(21,31)32)12-4-7-17(33)15(10-12)29(36,37)38/h4-11,20-21H,1-3H3,(H,39,43)(H,40,42)(H,41,44). The van der Waals surface area contributed by atoms with Crippen molar-refractivity contribution in [3.8, 4) is 0 Å². The zero-order valence-corrected chi connectivity index (χ0v) is 25.6. The number of rotatable bonds is 6. The Morgan fingerprint density at radius 3 is 2.13 bits per heavy atom. The Bertz CT molecular complexity index is 1690. The van der Waals surface area contributed by atoms with Gasteiger partial charge in [-0.1, -0.05) is 17.7 Å². The molecule has 0 aliphatic heterocycles. The SMILES string of the molecule is CC(C)(C)OC(=O)Nc1c(F)ccc(NC(=O)c2cc(NC(=O)C3C(c4ccc(F)c(C(F)(F)F)c4)C3(Cl)Cl)ccc2Cl)c1F. The Labute approximate surface area is 267 Å². The molecule has 0 aromatic heterocycles. The van der Waals surface area contributed by atoms with Crippen LogP contribution >= 0.6 is 34.8 Å². The average Bonchev–Trinajstić information content (AvgIpc) is 3.49. The van der Waals surface area contributed by atoms with Gasteiger partial charge in [-0.2, -0.15) is 13.2 Å². The van der Waals surface area contributed by atoms with E-state index >= 15 is 4.39 Å². The number of hydrogen-bond acceptors (Lipinski definition) is 4. The van der Waals surface area contributed by atoms with Crippen molar-refractivity contribution in [3.05, 3.63) is 87.7 Å². The monoisotopic (exact) mass is 695 g/mol. The van der Waals surface area contributed by atoms with Gasteiger partial charge in [0, 0.05) is 11.6 Å². The number of benzene rings is 3. The van der Waals surface area contributed by atoms with Crippen molar-refractivity contribution in [2.45, 2.75) is 42.8 Å². The molecule has 2 atom stereocenters. The number of ether oxygens (including phenoxy) is 1. The molecule has 1 aliphatic rings. The number of amides is 3. The summed E-state index contributed by atoms with van der Waals surface area (Å²) in [7, 11) is 0. The van der Waals surface area contributed by atoms with Crippen molar-refractivity contribution < 1.29 is 45.5 Å². The highest BCUT2D eigenvalue weighted by Crippen LogP contribution is 2.65. The van der Waals surface area contributed by atoms with Crippen LogP contribution in [-0.4, -0.2) is 27.8 Å². The van der Waals surface area contributed by atoms with E-state index in [1.165, 1.54) is 12.1 Å². The molecule has 1 fully saturated rings. The van der Waals surface area contributed by atoms with Crippen LogP contribution in [0.4, 0.5) is 48.2 Å². The van der Waals surface area contributed by atoms with Crippen molar-refractivity contribution in [2.24, 2.45) is 5.92 Å². The van der Waals surface area contributed by atoms with Crippen LogP contribution in [0.1, 0.15) is 48.2 Å². The second kappa shape index (κ2) is 12.3. The summed E-state index contributed by atoms with van der Waals surface area (Å²) in [6.07, 6.45) is -6.15. The minimum absolute atomic E-state index is 0.0220. The van der Waals surface area contributed by atoms with Gasteiger partial charge in [0.2, 0.25) is 5.91 Å². The largest absolute Gasteiger partial charge is 0.444 e. The molecule has 0 spiro atoms. The molecule has 2 unspecified atom stereocenters. The van der Waals surface area contributed by atoms with E-state index in [0.717, 1.165) is 24.3 Å². The van der Waals surface area contributed by atoms with Gasteiger partial charge in [0.05, 0.1) is 27.8 Å². The number of alkyl halides is 5. The molecule has 240 valence electrons. The average molecular weight is 697 g/mol. The van der Waals surface area contributed by atoms with Gasteiger partial charge < -0.3 is 15.4 Å². The molecule has 1 saturated carbocycles. The zero-order chi connectivity index (χ0) is 33.6. The molecule has 7 nitrogen and oxygen atoms in total. The van der Waals surface area contributed by atoms with Gasteiger partial charge >= 0.3 is 12.3 Å². The normalized spacial score (nSPS) is 17.3. The molecule has 0 bridgehead atoms. The Morgan fingerprint density at radius 2 is 1.51 bits per heavy atom. The summed E-state index contributed by atoms with van der Waals surface area (Å²) in [6.45, 7) is 4.62. The first-order valence-corrected chi connectivity index (χ1v) is 14.0. The smallest absolute Gasteiger partial charge is 0.419 e. The maximum absolute atomic E-state index is 15.1. The van der Waals surface area contributed by atoms with Crippen LogP contribution in [0.2, 0.25) is 5.02 Å². The van der Waals surface area contributed by atoms with Crippen molar-refractivity contribution in [3.63, 3.8) is 0 Å². The lowest BCUT2D eigenvalue weighted by molar-refractivity contribution is -0.140. The van der Waals surface area contributed by atoms with E-state index in [2.05, 4.69) is 10.6 Å². The molecule has 3 aromatic carbocycles. The van der Waals surface area contributed by atoms with Crippen molar-refractivity contribution in [1.29, 1.82) is 0 Å². The summed E-state index contributed by atoms with van der Waals surface area (Å²) in [5.41, 5.74) is -4.35. The summed E-state index contributed by atoms with van der Waals surface area (Å²) in [4.78, 5) is 38.1. The Balaban J connectivity index is 1.51. The highest BCUT2D eigenvalue weighted by molar-refractivity contribution is 6.53. The second-order valence-corrected chi connectivity index (χ2v) is 12.8. The van der Waals surface area contributed by atoms with Crippen molar-refractivity contribution >= 4 is 69.8 Å². The predicted octanol–water partition coefficient (Wildman–Crippen LogP) is 8.90. The van der Waals surface area contributed by atoms with Crippen LogP contribution in [0.3, 0.4) is 0 Å². The van der Waals surface area contributed by atoms with Crippen LogP contribution in [0, 0.1) is 23.4 Å². The lowest BCUT2D eigenvalue weighted by atomic mass is 10.0. The van der Waals surface area contributed by atoms with Crippen LogP contribution < -0.4 is 16.0 Å². The number of hydrogen-bond donors (Lipinski definition) is 3. The molecular formula is C29H22Cl3F6N3O4. The van der Waals surface area contributed by atoms with E-state index in [1.54, 1.807) is 20.8 Å². The van der Waals surface area contributed by atoms with Gasteiger partial charge in [0.1, 0.15) is 27.3 Å². The number of carbonyl (C=O) groups is 3. The van der Waals surface area contributed by atoms with E-state index in [0.29, 0.717) is 12.1 Å². The molecule has 4 rings (SSSR count). The van der Waals surface area contributed by atoms with Gasteiger partial charge in [-0.3, -0.25) is 14.9 Å². The topological polar surface area (TPSA) is 96.5 Å². The highest BCUT2D eigenvalue weighted by atomic mass is 35.5. The van der Waals surface area contributed by atoms with Crippen LogP contribution in [-0.2, 0) is 15.7 Å². The summed E-state index contributed by atoms with van der Waals surface area (Å²) in [6, 6.07) is 7.47. The van der Waals surface area contributed by atoms with E-state index in [9.17, 15) is 36.3 Å². The van der Waals surface area contributed by atoms with Gasteiger partial charge in [-0.15, -0.1) is 23.2 Å². The molecule has 0 radical (unpaired) electrons. The van der Waals surface area contributed by atoms with E-state index in [4.69, 9.17) is 39.5 Å². The van der Waals surface area contributed by atoms with E-state index in [1.807, 2.05) is 5.32 Å². The minimum atomic E-state index is -5.00. The number of anilines is 3. The molecule has 1 aliphatic carbocycles. The van der Waals surface area contributed by atoms with E-state index < -0.39 is 80.2 Å². The third-order valence-corrected chi connectivity index (χ3v) is 7.70. The van der Waals surface area contributed by atoms with Gasteiger partial charge in [-0.05, 0) is 68.8 Å². The first-order chi connectivity index (χ1) is 20.7. The van der Waals surface area contributed by atoms with Gasteiger partial charge in [0.25, 0.3) is 5.91 Å². The maximum Gasteiger partial charge on any atom is 0.419 e. The number of halogens is 9. The molecule has 0 saturated heterocycles. The third-order valence-electron chi connectivity index (χ3n) is 6.43. The Kier molecular flexibility index (Phi) is 9.31. The summed E-state index contributed by atoms with van der Waals surface area (Å²) in [5.74, 6) is -8.20. The van der Waals surface area contributed by atoms with Gasteiger partial charge in [-0.25, -0.2) is 18.0 Å². The second-order valence-electron chi connectivity index (χ2n) is 10.9. The molecule has 3 N–H and O–H groups in total. The first-order valence-electron chi connectivity index (χ1n) is 12.8. The quantitative estimate of drug-likeness (QED) is 0.177. The predicted molar refractivity (Wildman–Crippen MR) is 156 cm³/mol. The molecular weight excluding hydrogens is 675 g/mol. The van der Waals surface area contributed by atoms with Crippen molar-refractivity contribution in [1.82, 2.24) is 0 Å². The number of carbonyl (C=O) groups excluding carboxylic acids is 3. The molecule has 16 heteroatoms. The fraction of sp³-hybridized carbons (Fsp3) is 0.276. The lowest BCUT2D eigenvalue weighted by Gasteiger charge is -2.20. The van der Waals surface area contributed by atoms with E-state index in [-0.39, 0.29) is 21.8 Å². The molecule has 0 heterocycles. The van der Waals surface area contributed by atoms with Gasteiger partial charge in [0.15, 0.2) is 5.82 Å². The fourth-order valence-corrected chi connectivity index (χ4v) is 5.41. The highest BCUT2D eigenvalue weighted by Gasteiger charge is 2.67. The zero-order valence-electron chi connectivity index (χ0n) is 23.3. The molecule has 3 aromatic rings. The first kappa shape index (κ1) is 34.2. The summed E-state index contributed by atoms with van der Waals surface area (Å²) >= 11 is 18.6. The van der Waals surface area contributed by atoms with Crippen LogP contribution in [0.5, 0.6) is 0 Å². The molecule has 3 amide bonds. The Morgan fingerprint density at radius 1 is 0.867 bits per heavy atom.